The highest BCUT2D eigenvalue weighted by Crippen LogP contribution is 2.19. The Balaban J connectivity index is 1.73. The van der Waals surface area contributed by atoms with Crippen molar-refractivity contribution < 1.29 is 14.3 Å². The van der Waals surface area contributed by atoms with Crippen LogP contribution in [-0.4, -0.2) is 56.8 Å². The fourth-order valence-corrected chi connectivity index (χ4v) is 2.73. The van der Waals surface area contributed by atoms with E-state index < -0.39 is 5.60 Å². The topological polar surface area (TPSA) is 67.7 Å². The number of carbonyl (C=O) groups excluding carboxylic acids is 2. The molecular weight excluding hydrogens is 296 g/mol. The van der Waals surface area contributed by atoms with Crippen molar-refractivity contribution in [1.82, 2.24) is 19.6 Å². The molecule has 0 aromatic carbocycles. The van der Waals surface area contributed by atoms with E-state index in [4.69, 9.17) is 4.74 Å². The van der Waals surface area contributed by atoms with E-state index in [9.17, 15) is 9.59 Å². The number of rotatable bonds is 1. The maximum Gasteiger partial charge on any atom is 0.410 e. The summed E-state index contributed by atoms with van der Waals surface area (Å²) in [4.78, 5) is 28.0. The first-order chi connectivity index (χ1) is 10.8. The summed E-state index contributed by atoms with van der Waals surface area (Å²) in [6.07, 6.45) is 1.54. The quantitative estimate of drug-likeness (QED) is 0.792. The molecule has 7 nitrogen and oxygen atoms in total. The summed E-state index contributed by atoms with van der Waals surface area (Å²) >= 11 is 0. The summed E-state index contributed by atoms with van der Waals surface area (Å²) in [7, 11) is 0. The van der Waals surface area contributed by atoms with E-state index in [1.54, 1.807) is 9.80 Å². The number of fused-ring (bicyclic) bond motifs is 1. The molecule has 7 heteroatoms. The molecule has 0 radical (unpaired) electrons. The van der Waals surface area contributed by atoms with Crippen molar-refractivity contribution in [3.8, 4) is 0 Å². The van der Waals surface area contributed by atoms with E-state index in [2.05, 4.69) is 5.10 Å². The molecule has 1 fully saturated rings. The number of nitrogens with zero attached hydrogens (tertiary/aromatic N) is 4. The van der Waals surface area contributed by atoms with Crippen molar-refractivity contribution in [2.24, 2.45) is 0 Å². The minimum absolute atomic E-state index is 0.0133. The molecule has 2 amide bonds. The zero-order chi connectivity index (χ0) is 16.6. The minimum Gasteiger partial charge on any atom is -0.444 e. The Morgan fingerprint density at radius 1 is 1.09 bits per heavy atom. The number of aromatic nitrogens is 2. The van der Waals surface area contributed by atoms with Gasteiger partial charge in [0, 0.05) is 26.2 Å². The van der Waals surface area contributed by atoms with Gasteiger partial charge < -0.3 is 14.5 Å². The van der Waals surface area contributed by atoms with Gasteiger partial charge in [-0.1, -0.05) is 0 Å². The van der Waals surface area contributed by atoms with Crippen LogP contribution >= 0.6 is 0 Å². The van der Waals surface area contributed by atoms with Gasteiger partial charge in [-0.3, -0.25) is 9.48 Å². The number of carbonyl (C=O) groups is 2. The van der Waals surface area contributed by atoms with E-state index in [0.717, 1.165) is 31.6 Å². The molecule has 0 N–H and O–H groups in total. The normalized spacial score (nSPS) is 18.0. The average molecular weight is 320 g/mol. The van der Waals surface area contributed by atoms with Crippen molar-refractivity contribution in [2.45, 2.75) is 52.3 Å². The van der Waals surface area contributed by atoms with Crippen LogP contribution in [0.5, 0.6) is 0 Å². The predicted octanol–water partition coefficient (Wildman–Crippen LogP) is 1.87. The highest BCUT2D eigenvalue weighted by Gasteiger charge is 2.28. The summed E-state index contributed by atoms with van der Waals surface area (Å²) in [6, 6.07) is 1.81. The lowest BCUT2D eigenvalue weighted by Crippen LogP contribution is -2.42. The lowest BCUT2D eigenvalue weighted by atomic mass is 10.2. The summed E-state index contributed by atoms with van der Waals surface area (Å²) in [5, 5.41) is 4.43. The Morgan fingerprint density at radius 2 is 1.74 bits per heavy atom. The second-order valence-corrected chi connectivity index (χ2v) is 7.15. The molecule has 0 bridgehead atoms. The zero-order valence-corrected chi connectivity index (χ0v) is 14.0. The van der Waals surface area contributed by atoms with Gasteiger partial charge in [-0.05, 0) is 39.7 Å². The van der Waals surface area contributed by atoms with Gasteiger partial charge in [0.25, 0.3) is 5.91 Å². The Hall–Kier alpha value is -2.05. The first kappa shape index (κ1) is 15.8. The molecule has 2 aliphatic rings. The summed E-state index contributed by atoms with van der Waals surface area (Å²) < 4.78 is 7.29. The Labute approximate surface area is 136 Å². The molecule has 0 unspecified atom stereocenters. The first-order valence-electron chi connectivity index (χ1n) is 8.17. The Kier molecular flexibility index (Phi) is 4.04. The van der Waals surface area contributed by atoms with Gasteiger partial charge in [0.15, 0.2) is 5.69 Å². The minimum atomic E-state index is -0.512. The van der Waals surface area contributed by atoms with Crippen molar-refractivity contribution in [1.29, 1.82) is 0 Å². The summed E-state index contributed by atoms with van der Waals surface area (Å²) in [5.74, 6) is -0.0133. The molecule has 1 aromatic heterocycles. The largest absolute Gasteiger partial charge is 0.444 e. The molecule has 1 saturated heterocycles. The molecule has 2 aliphatic heterocycles. The monoisotopic (exact) mass is 320 g/mol. The van der Waals surface area contributed by atoms with E-state index in [1.807, 2.05) is 31.5 Å². The number of aryl methyl sites for hydroxylation is 1. The molecule has 0 atom stereocenters. The smallest absolute Gasteiger partial charge is 0.410 e. The van der Waals surface area contributed by atoms with Crippen LogP contribution in [0.3, 0.4) is 0 Å². The second-order valence-electron chi connectivity index (χ2n) is 7.15. The van der Waals surface area contributed by atoms with Crippen LogP contribution in [0.4, 0.5) is 4.79 Å². The molecule has 0 saturated carbocycles. The van der Waals surface area contributed by atoms with Crippen LogP contribution in [0.1, 0.15) is 49.8 Å². The fourth-order valence-electron chi connectivity index (χ4n) is 2.73. The van der Waals surface area contributed by atoms with E-state index in [0.29, 0.717) is 25.3 Å². The van der Waals surface area contributed by atoms with Crippen molar-refractivity contribution in [3.05, 3.63) is 17.5 Å². The summed E-state index contributed by atoms with van der Waals surface area (Å²) in [6.45, 7) is 8.96. The molecule has 0 aliphatic carbocycles. The highest BCUT2D eigenvalue weighted by atomic mass is 16.6. The second kappa shape index (κ2) is 5.86. The zero-order valence-electron chi connectivity index (χ0n) is 14.0. The van der Waals surface area contributed by atoms with Gasteiger partial charge >= 0.3 is 6.09 Å². The molecule has 0 spiro atoms. The third-order valence-electron chi connectivity index (χ3n) is 4.03. The number of hydrogen-bond donors (Lipinski definition) is 0. The fraction of sp³-hybridized carbons (Fsp3) is 0.688. The number of ether oxygens (including phenoxy) is 1. The van der Waals surface area contributed by atoms with Crippen LogP contribution in [0.2, 0.25) is 0 Å². The maximum absolute atomic E-state index is 12.3. The first-order valence-corrected chi connectivity index (χ1v) is 8.17. The molecule has 1 aromatic rings. The van der Waals surface area contributed by atoms with Gasteiger partial charge in [-0.2, -0.15) is 5.10 Å². The van der Waals surface area contributed by atoms with Gasteiger partial charge in [0.1, 0.15) is 5.60 Å². The number of amides is 2. The van der Waals surface area contributed by atoms with E-state index >= 15 is 0 Å². The molecule has 23 heavy (non-hydrogen) atoms. The number of likely N-dealkylation sites (tertiary alicyclic amines) is 1. The predicted molar refractivity (Wildman–Crippen MR) is 84.0 cm³/mol. The summed E-state index contributed by atoms with van der Waals surface area (Å²) in [5.41, 5.74) is 0.852. The van der Waals surface area contributed by atoms with Crippen LogP contribution < -0.4 is 0 Å². The molecule has 126 valence electrons. The van der Waals surface area contributed by atoms with E-state index in [-0.39, 0.29) is 12.0 Å². The Morgan fingerprint density at radius 3 is 2.35 bits per heavy atom. The SMILES string of the molecule is CC(C)(C)OC(=O)N1CCCn2nc(C(=O)N3CCC3)cc2C1. The average Bonchev–Trinajstić information content (AvgIpc) is 2.67. The molecular formula is C16H24N4O3. The van der Waals surface area contributed by atoms with Crippen LogP contribution in [0, 0.1) is 0 Å². The van der Waals surface area contributed by atoms with Gasteiger partial charge in [-0.15, -0.1) is 0 Å². The molecule has 3 heterocycles. The van der Waals surface area contributed by atoms with Crippen LogP contribution in [-0.2, 0) is 17.8 Å². The maximum atomic E-state index is 12.3. The van der Waals surface area contributed by atoms with Crippen molar-refractivity contribution in [2.75, 3.05) is 19.6 Å². The van der Waals surface area contributed by atoms with Gasteiger partial charge in [0.2, 0.25) is 0 Å². The van der Waals surface area contributed by atoms with Gasteiger partial charge in [0.05, 0.1) is 12.2 Å². The third kappa shape index (κ3) is 3.48. The Bertz CT molecular complexity index is 613. The lowest BCUT2D eigenvalue weighted by molar-refractivity contribution is 0.0236. The van der Waals surface area contributed by atoms with Crippen LogP contribution in [0.15, 0.2) is 6.07 Å². The van der Waals surface area contributed by atoms with Crippen molar-refractivity contribution >= 4 is 12.0 Å². The number of hydrogen-bond acceptors (Lipinski definition) is 4. The highest BCUT2D eigenvalue weighted by molar-refractivity contribution is 5.92. The van der Waals surface area contributed by atoms with E-state index in [1.165, 1.54) is 0 Å². The van der Waals surface area contributed by atoms with Gasteiger partial charge in [-0.25, -0.2) is 4.79 Å². The lowest BCUT2D eigenvalue weighted by Gasteiger charge is -2.30. The van der Waals surface area contributed by atoms with Crippen LogP contribution in [0.25, 0.3) is 0 Å². The van der Waals surface area contributed by atoms with Crippen molar-refractivity contribution in [3.63, 3.8) is 0 Å². The standard InChI is InChI=1S/C16H24N4O3/c1-16(2,3)23-15(22)19-8-5-9-20-12(11-19)10-13(17-20)14(21)18-6-4-7-18/h10H,4-9,11H2,1-3H3. The molecule has 3 rings (SSSR count). The third-order valence-corrected chi connectivity index (χ3v) is 4.03.